The third-order valence-corrected chi connectivity index (χ3v) is 2.98. The zero-order valence-electron chi connectivity index (χ0n) is 11.5. The second kappa shape index (κ2) is 5.99. The molecule has 0 amide bonds. The van der Waals surface area contributed by atoms with Crippen LogP contribution in [-0.2, 0) is 9.09 Å². The largest absolute Gasteiger partial charge is 0.470 e. The van der Waals surface area contributed by atoms with Crippen molar-refractivity contribution < 1.29 is 28.3 Å². The molecule has 1 aromatic rings. The van der Waals surface area contributed by atoms with Crippen LogP contribution >= 0.6 is 7.82 Å². The number of nitro groups is 1. The third-order valence-electron chi connectivity index (χ3n) is 2.45. The van der Waals surface area contributed by atoms with Crippen molar-refractivity contribution in [2.24, 2.45) is 0 Å². The van der Waals surface area contributed by atoms with Gasteiger partial charge in [-0.1, -0.05) is 0 Å². The molecule has 8 nitrogen and oxygen atoms in total. The van der Waals surface area contributed by atoms with Crippen molar-refractivity contribution in [1.82, 2.24) is 0 Å². The SMILES string of the molecule is C[N+](C)(C)CC(OP(=O)(O)O)c1ccc([N+](=O)[O-])cc1. The van der Waals surface area contributed by atoms with Crippen LogP contribution < -0.4 is 0 Å². The maximum absolute atomic E-state index is 11.0. The number of nitro benzene ring substituents is 1. The van der Waals surface area contributed by atoms with Crippen molar-refractivity contribution in [3.8, 4) is 0 Å². The Morgan fingerprint density at radius 2 is 1.80 bits per heavy atom. The molecule has 2 N–H and O–H groups in total. The van der Waals surface area contributed by atoms with E-state index in [-0.39, 0.29) is 5.69 Å². The van der Waals surface area contributed by atoms with Gasteiger partial charge in [0, 0.05) is 12.1 Å². The number of nitrogens with zero attached hydrogens (tertiary/aromatic N) is 2. The first kappa shape index (κ1) is 16.7. The summed E-state index contributed by atoms with van der Waals surface area (Å²) in [4.78, 5) is 28.0. The van der Waals surface area contributed by atoms with E-state index in [0.717, 1.165) is 0 Å². The van der Waals surface area contributed by atoms with Gasteiger partial charge in [0.2, 0.25) is 0 Å². The Hall–Kier alpha value is -1.31. The summed E-state index contributed by atoms with van der Waals surface area (Å²) < 4.78 is 16.2. The van der Waals surface area contributed by atoms with Crippen LogP contribution in [0.4, 0.5) is 5.69 Å². The van der Waals surface area contributed by atoms with E-state index < -0.39 is 18.8 Å². The molecule has 1 aromatic carbocycles. The van der Waals surface area contributed by atoms with Crippen LogP contribution in [0.25, 0.3) is 0 Å². The molecular formula is C11H18N2O6P+. The zero-order chi connectivity index (χ0) is 15.6. The normalized spacial score (nSPS) is 14.1. The molecule has 0 aromatic heterocycles. The molecule has 0 aliphatic carbocycles. The van der Waals surface area contributed by atoms with E-state index in [1.54, 1.807) is 0 Å². The van der Waals surface area contributed by atoms with E-state index in [0.29, 0.717) is 16.6 Å². The highest BCUT2D eigenvalue weighted by atomic mass is 31.2. The molecule has 0 aliphatic rings. The predicted molar refractivity (Wildman–Crippen MR) is 71.9 cm³/mol. The van der Waals surface area contributed by atoms with E-state index in [4.69, 9.17) is 14.3 Å². The van der Waals surface area contributed by atoms with Gasteiger partial charge in [-0.15, -0.1) is 0 Å². The summed E-state index contributed by atoms with van der Waals surface area (Å²) in [6, 6.07) is 5.43. The molecule has 1 unspecified atom stereocenters. The van der Waals surface area contributed by atoms with Gasteiger partial charge in [0.1, 0.15) is 12.6 Å². The summed E-state index contributed by atoms with van der Waals surface area (Å²) in [7, 11) is 0.898. The highest BCUT2D eigenvalue weighted by Gasteiger charge is 2.28. The molecule has 20 heavy (non-hydrogen) atoms. The molecule has 0 bridgehead atoms. The number of benzene rings is 1. The van der Waals surface area contributed by atoms with Crippen LogP contribution in [0, 0.1) is 10.1 Å². The summed E-state index contributed by atoms with van der Waals surface area (Å²) in [6.07, 6.45) is -0.850. The van der Waals surface area contributed by atoms with Crippen LogP contribution in [0.1, 0.15) is 11.7 Å². The monoisotopic (exact) mass is 305 g/mol. The van der Waals surface area contributed by atoms with Crippen LogP contribution in [0.3, 0.4) is 0 Å². The fourth-order valence-corrected chi connectivity index (χ4v) is 2.19. The zero-order valence-corrected chi connectivity index (χ0v) is 12.4. The average Bonchev–Trinajstić information content (AvgIpc) is 2.24. The van der Waals surface area contributed by atoms with Crippen molar-refractivity contribution in [2.45, 2.75) is 6.10 Å². The van der Waals surface area contributed by atoms with Gasteiger partial charge in [-0.3, -0.25) is 14.6 Å². The van der Waals surface area contributed by atoms with Gasteiger partial charge in [-0.25, -0.2) is 4.57 Å². The van der Waals surface area contributed by atoms with Crippen molar-refractivity contribution in [1.29, 1.82) is 0 Å². The molecule has 0 spiro atoms. The molecule has 0 saturated carbocycles. The molecule has 112 valence electrons. The first-order valence-electron chi connectivity index (χ1n) is 5.77. The Morgan fingerprint density at radius 1 is 1.30 bits per heavy atom. The third kappa shape index (κ3) is 5.77. The Labute approximate surface area is 116 Å². The van der Waals surface area contributed by atoms with Gasteiger partial charge >= 0.3 is 7.82 Å². The fraction of sp³-hybridized carbons (Fsp3) is 0.455. The summed E-state index contributed by atoms with van der Waals surface area (Å²) >= 11 is 0. The smallest absolute Gasteiger partial charge is 0.328 e. The lowest BCUT2D eigenvalue weighted by Crippen LogP contribution is -2.38. The molecule has 0 heterocycles. The fourth-order valence-electron chi connectivity index (χ4n) is 1.67. The highest BCUT2D eigenvalue weighted by Crippen LogP contribution is 2.42. The minimum absolute atomic E-state index is 0.0890. The number of quaternary nitrogens is 1. The standard InChI is InChI=1S/C11H17N2O6P/c1-13(2,3)8-11(19-20(16,17)18)9-4-6-10(7-5-9)12(14)15/h4-7,11H,8H2,1-3H3,(H-,16,17,18)/p+1. The summed E-state index contributed by atoms with van der Waals surface area (Å²) in [6.45, 7) is 0.308. The lowest BCUT2D eigenvalue weighted by molar-refractivity contribution is -0.874. The second-order valence-electron chi connectivity index (χ2n) is 5.41. The Morgan fingerprint density at radius 3 is 2.15 bits per heavy atom. The van der Waals surface area contributed by atoms with Gasteiger partial charge in [0.15, 0.2) is 0 Å². The first-order chi connectivity index (χ1) is 8.98. The van der Waals surface area contributed by atoms with Crippen LogP contribution in [0.15, 0.2) is 24.3 Å². The predicted octanol–water partition coefficient (Wildman–Crippen LogP) is 1.45. The number of hydrogen-bond donors (Lipinski definition) is 2. The van der Waals surface area contributed by atoms with Crippen LogP contribution in [-0.4, -0.2) is 46.9 Å². The number of rotatable bonds is 6. The minimum Gasteiger partial charge on any atom is -0.328 e. The van der Waals surface area contributed by atoms with E-state index >= 15 is 0 Å². The summed E-state index contributed by atoms with van der Waals surface area (Å²) in [5.41, 5.74) is 0.390. The van der Waals surface area contributed by atoms with Gasteiger partial charge in [-0.2, -0.15) is 0 Å². The summed E-state index contributed by atoms with van der Waals surface area (Å²) in [5, 5.41) is 10.6. The highest BCUT2D eigenvalue weighted by molar-refractivity contribution is 7.46. The van der Waals surface area contributed by atoms with Crippen molar-refractivity contribution in [3.05, 3.63) is 39.9 Å². The van der Waals surface area contributed by atoms with E-state index in [2.05, 4.69) is 0 Å². The molecule has 0 saturated heterocycles. The second-order valence-corrected chi connectivity index (χ2v) is 6.60. The van der Waals surface area contributed by atoms with Crippen molar-refractivity contribution >= 4 is 13.5 Å². The number of phosphoric acid groups is 1. The van der Waals surface area contributed by atoms with E-state index in [1.807, 2.05) is 21.1 Å². The molecule has 0 radical (unpaired) electrons. The average molecular weight is 305 g/mol. The maximum Gasteiger partial charge on any atom is 0.470 e. The van der Waals surface area contributed by atoms with Crippen molar-refractivity contribution in [2.75, 3.05) is 27.7 Å². The minimum atomic E-state index is -4.65. The number of hydrogen-bond acceptors (Lipinski definition) is 4. The quantitative estimate of drug-likeness (QED) is 0.356. The van der Waals surface area contributed by atoms with Crippen LogP contribution in [0.5, 0.6) is 0 Å². The first-order valence-corrected chi connectivity index (χ1v) is 7.30. The molecular weight excluding hydrogens is 287 g/mol. The molecule has 1 atom stereocenters. The van der Waals surface area contributed by atoms with E-state index in [1.165, 1.54) is 24.3 Å². The van der Waals surface area contributed by atoms with Gasteiger partial charge in [-0.05, 0) is 17.7 Å². The molecule has 1 rings (SSSR count). The Kier molecular flexibility index (Phi) is 5.01. The molecule has 0 aliphatic heterocycles. The Bertz CT molecular complexity index is 519. The lowest BCUT2D eigenvalue weighted by Gasteiger charge is -2.29. The molecule has 0 fully saturated rings. The maximum atomic E-state index is 11.0. The van der Waals surface area contributed by atoms with Gasteiger partial charge in [0.05, 0.1) is 26.1 Å². The number of likely N-dealkylation sites (N-methyl/N-ethyl adjacent to an activating group) is 1. The topological polar surface area (TPSA) is 110 Å². The molecule has 9 heteroatoms. The van der Waals surface area contributed by atoms with Gasteiger partial charge < -0.3 is 14.3 Å². The Balaban J connectivity index is 3.03. The van der Waals surface area contributed by atoms with Crippen LogP contribution in [0.2, 0.25) is 0 Å². The van der Waals surface area contributed by atoms with Gasteiger partial charge in [0.25, 0.3) is 5.69 Å². The number of phosphoric ester groups is 1. The number of non-ortho nitro benzene ring substituents is 1. The summed E-state index contributed by atoms with van der Waals surface area (Å²) in [5.74, 6) is 0. The lowest BCUT2D eigenvalue weighted by atomic mass is 10.1. The van der Waals surface area contributed by atoms with E-state index in [9.17, 15) is 14.7 Å². The van der Waals surface area contributed by atoms with Crippen molar-refractivity contribution in [3.63, 3.8) is 0 Å².